The molecule has 0 aliphatic carbocycles. The SMILES string of the molecule is CCCCc1ccc2c(c1)[nH]c1cc(C(C)(C)C)ccc12. The number of aromatic amines is 1. The largest absolute Gasteiger partial charge is 0.354 e. The van der Waals surface area contributed by atoms with E-state index in [9.17, 15) is 0 Å². The number of hydrogen-bond acceptors (Lipinski definition) is 0. The van der Waals surface area contributed by atoms with Gasteiger partial charge in [0, 0.05) is 21.8 Å². The molecule has 1 heteroatoms. The summed E-state index contributed by atoms with van der Waals surface area (Å²) in [7, 11) is 0. The van der Waals surface area contributed by atoms with Crippen molar-refractivity contribution < 1.29 is 0 Å². The molecule has 1 N–H and O–H groups in total. The molecule has 1 aromatic heterocycles. The van der Waals surface area contributed by atoms with Crippen molar-refractivity contribution in [2.24, 2.45) is 0 Å². The van der Waals surface area contributed by atoms with Crippen molar-refractivity contribution >= 4 is 21.8 Å². The molecule has 0 aliphatic heterocycles. The third-order valence-electron chi connectivity index (χ3n) is 4.35. The molecule has 1 nitrogen and oxygen atoms in total. The fraction of sp³-hybridized carbons (Fsp3) is 0.400. The lowest BCUT2D eigenvalue weighted by atomic mass is 9.86. The Labute approximate surface area is 127 Å². The maximum atomic E-state index is 3.61. The molecule has 0 spiro atoms. The molecular weight excluding hydrogens is 254 g/mol. The molecule has 0 aliphatic rings. The van der Waals surface area contributed by atoms with Crippen LogP contribution in [0.1, 0.15) is 51.7 Å². The van der Waals surface area contributed by atoms with E-state index in [0.717, 1.165) is 0 Å². The number of benzene rings is 2. The third kappa shape index (κ3) is 2.70. The van der Waals surface area contributed by atoms with Gasteiger partial charge in [-0.3, -0.25) is 0 Å². The Hall–Kier alpha value is -1.76. The summed E-state index contributed by atoms with van der Waals surface area (Å²) < 4.78 is 0. The molecule has 1 heterocycles. The molecule has 110 valence electrons. The molecule has 0 bridgehead atoms. The Morgan fingerprint density at radius 1 is 0.905 bits per heavy atom. The number of H-pyrrole nitrogens is 1. The lowest BCUT2D eigenvalue weighted by Gasteiger charge is -2.18. The molecular formula is C20H25N. The van der Waals surface area contributed by atoms with Crippen LogP contribution in [0.15, 0.2) is 36.4 Å². The van der Waals surface area contributed by atoms with Gasteiger partial charge in [-0.25, -0.2) is 0 Å². The van der Waals surface area contributed by atoms with Crippen LogP contribution in [-0.4, -0.2) is 4.98 Å². The van der Waals surface area contributed by atoms with Gasteiger partial charge in [0.15, 0.2) is 0 Å². The van der Waals surface area contributed by atoms with E-state index < -0.39 is 0 Å². The van der Waals surface area contributed by atoms with Gasteiger partial charge in [-0.2, -0.15) is 0 Å². The number of aryl methyl sites for hydroxylation is 1. The van der Waals surface area contributed by atoms with Gasteiger partial charge in [-0.15, -0.1) is 0 Å². The highest BCUT2D eigenvalue weighted by atomic mass is 14.7. The summed E-state index contributed by atoms with van der Waals surface area (Å²) >= 11 is 0. The van der Waals surface area contributed by atoms with Crippen molar-refractivity contribution in [3.05, 3.63) is 47.5 Å². The van der Waals surface area contributed by atoms with Gasteiger partial charge in [0.05, 0.1) is 0 Å². The first kappa shape index (κ1) is 14.2. The molecule has 2 aromatic carbocycles. The molecule has 0 radical (unpaired) electrons. The van der Waals surface area contributed by atoms with E-state index in [4.69, 9.17) is 0 Å². The van der Waals surface area contributed by atoms with Crippen LogP contribution in [0.3, 0.4) is 0 Å². The number of fused-ring (bicyclic) bond motifs is 3. The molecule has 0 unspecified atom stereocenters. The van der Waals surface area contributed by atoms with E-state index in [1.807, 2.05) is 0 Å². The van der Waals surface area contributed by atoms with Gasteiger partial charge >= 0.3 is 0 Å². The van der Waals surface area contributed by atoms with Crippen LogP contribution in [0.2, 0.25) is 0 Å². The van der Waals surface area contributed by atoms with Crippen molar-refractivity contribution in [2.75, 3.05) is 0 Å². The van der Waals surface area contributed by atoms with Crippen LogP contribution in [0.4, 0.5) is 0 Å². The van der Waals surface area contributed by atoms with E-state index in [0.29, 0.717) is 0 Å². The minimum Gasteiger partial charge on any atom is -0.354 e. The van der Waals surface area contributed by atoms with Gasteiger partial charge in [0.25, 0.3) is 0 Å². The fourth-order valence-electron chi connectivity index (χ4n) is 2.96. The maximum absolute atomic E-state index is 3.61. The molecule has 0 amide bonds. The van der Waals surface area contributed by atoms with Crippen molar-refractivity contribution in [2.45, 2.75) is 52.4 Å². The monoisotopic (exact) mass is 279 g/mol. The third-order valence-corrected chi connectivity index (χ3v) is 4.35. The second-order valence-corrected chi connectivity index (χ2v) is 7.12. The quantitative estimate of drug-likeness (QED) is 0.608. The number of rotatable bonds is 3. The van der Waals surface area contributed by atoms with Crippen LogP contribution in [0, 0.1) is 0 Å². The first-order valence-corrected chi connectivity index (χ1v) is 8.04. The zero-order chi connectivity index (χ0) is 15.0. The second kappa shape index (κ2) is 5.22. The van der Waals surface area contributed by atoms with Crippen LogP contribution < -0.4 is 0 Å². The minimum absolute atomic E-state index is 0.192. The molecule has 0 fully saturated rings. The number of hydrogen-bond donors (Lipinski definition) is 1. The lowest BCUT2D eigenvalue weighted by molar-refractivity contribution is 0.591. The van der Waals surface area contributed by atoms with E-state index in [2.05, 4.69) is 69.1 Å². The smallest absolute Gasteiger partial charge is 0.0467 e. The first-order chi connectivity index (χ1) is 9.99. The maximum Gasteiger partial charge on any atom is 0.0467 e. The van der Waals surface area contributed by atoms with Crippen molar-refractivity contribution in [3.63, 3.8) is 0 Å². The molecule has 3 aromatic rings. The predicted molar refractivity (Wildman–Crippen MR) is 93.1 cm³/mol. The Balaban J connectivity index is 2.10. The van der Waals surface area contributed by atoms with Gasteiger partial charge in [0.1, 0.15) is 0 Å². The summed E-state index contributed by atoms with van der Waals surface area (Å²) in [6, 6.07) is 13.7. The first-order valence-electron chi connectivity index (χ1n) is 8.04. The highest BCUT2D eigenvalue weighted by Crippen LogP contribution is 2.31. The van der Waals surface area contributed by atoms with Crippen LogP contribution in [0.25, 0.3) is 21.8 Å². The Morgan fingerprint density at radius 2 is 1.57 bits per heavy atom. The Kier molecular flexibility index (Phi) is 3.52. The van der Waals surface area contributed by atoms with E-state index in [-0.39, 0.29) is 5.41 Å². The average Bonchev–Trinajstić information content (AvgIpc) is 2.80. The summed E-state index contributed by atoms with van der Waals surface area (Å²) in [5.74, 6) is 0. The summed E-state index contributed by atoms with van der Waals surface area (Å²) in [4.78, 5) is 3.61. The molecule has 3 rings (SSSR count). The molecule has 0 saturated heterocycles. The summed E-state index contributed by atoms with van der Waals surface area (Å²) in [5.41, 5.74) is 5.53. The van der Waals surface area contributed by atoms with Gasteiger partial charge in [-0.05, 0) is 41.5 Å². The van der Waals surface area contributed by atoms with Crippen LogP contribution in [-0.2, 0) is 11.8 Å². The van der Waals surface area contributed by atoms with Crippen molar-refractivity contribution in [1.82, 2.24) is 4.98 Å². The minimum atomic E-state index is 0.192. The normalized spacial score (nSPS) is 12.4. The number of nitrogens with one attached hydrogen (secondary N) is 1. The topological polar surface area (TPSA) is 15.8 Å². The highest BCUT2D eigenvalue weighted by Gasteiger charge is 2.15. The Morgan fingerprint density at radius 3 is 2.24 bits per heavy atom. The zero-order valence-electron chi connectivity index (χ0n) is 13.6. The average molecular weight is 279 g/mol. The van der Waals surface area contributed by atoms with Gasteiger partial charge in [0.2, 0.25) is 0 Å². The Bertz CT molecular complexity index is 771. The van der Waals surface area contributed by atoms with Crippen molar-refractivity contribution in [3.8, 4) is 0 Å². The molecule has 0 atom stereocenters. The van der Waals surface area contributed by atoms with Crippen LogP contribution in [0.5, 0.6) is 0 Å². The standard InChI is InChI=1S/C20H25N/c1-5-6-7-14-8-10-16-17-11-9-15(20(2,3)4)13-19(17)21-18(16)12-14/h8-13,21H,5-7H2,1-4H3. The second-order valence-electron chi connectivity index (χ2n) is 7.12. The summed E-state index contributed by atoms with van der Waals surface area (Å²) in [6.45, 7) is 9.04. The van der Waals surface area contributed by atoms with Crippen molar-refractivity contribution in [1.29, 1.82) is 0 Å². The predicted octanol–water partition coefficient (Wildman–Crippen LogP) is 5.96. The van der Waals surface area contributed by atoms with Crippen LogP contribution >= 0.6 is 0 Å². The van der Waals surface area contributed by atoms with E-state index >= 15 is 0 Å². The summed E-state index contributed by atoms with van der Waals surface area (Å²) in [5, 5.41) is 2.67. The van der Waals surface area contributed by atoms with Gasteiger partial charge in [-0.1, -0.05) is 58.4 Å². The molecule has 0 saturated carbocycles. The van der Waals surface area contributed by atoms with E-state index in [1.165, 1.54) is 52.2 Å². The highest BCUT2D eigenvalue weighted by molar-refractivity contribution is 6.07. The zero-order valence-corrected chi connectivity index (χ0v) is 13.6. The van der Waals surface area contributed by atoms with Gasteiger partial charge < -0.3 is 4.98 Å². The fourth-order valence-corrected chi connectivity index (χ4v) is 2.96. The lowest BCUT2D eigenvalue weighted by Crippen LogP contribution is -2.10. The van der Waals surface area contributed by atoms with E-state index in [1.54, 1.807) is 0 Å². The number of unbranched alkanes of at least 4 members (excludes halogenated alkanes) is 1. The molecule has 21 heavy (non-hydrogen) atoms. The summed E-state index contributed by atoms with van der Waals surface area (Å²) in [6.07, 6.45) is 3.69. The number of aromatic nitrogens is 1.